The lowest BCUT2D eigenvalue weighted by Crippen LogP contribution is -2.24. The molecule has 0 saturated heterocycles. The summed E-state index contributed by atoms with van der Waals surface area (Å²) in [6.45, 7) is 0.687. The largest absolute Gasteiger partial charge is 0.469 e. The molecule has 1 aromatic rings. The van der Waals surface area contributed by atoms with Crippen LogP contribution >= 0.6 is 23.2 Å². The minimum absolute atomic E-state index is 0.271. The van der Waals surface area contributed by atoms with Gasteiger partial charge in [-0.1, -0.05) is 23.2 Å². The van der Waals surface area contributed by atoms with Crippen molar-refractivity contribution in [3.63, 3.8) is 0 Å². The fraction of sp³-hybridized carbons (Fsp3) is 0.364. The van der Waals surface area contributed by atoms with Crippen LogP contribution in [0.4, 0.5) is 5.69 Å². The molecule has 1 aliphatic heterocycles. The van der Waals surface area contributed by atoms with Crippen molar-refractivity contribution < 1.29 is 9.53 Å². The van der Waals surface area contributed by atoms with E-state index in [1.807, 2.05) is 0 Å². The molecule has 0 radical (unpaired) electrons. The van der Waals surface area contributed by atoms with Gasteiger partial charge in [-0.3, -0.25) is 4.79 Å². The van der Waals surface area contributed by atoms with E-state index in [4.69, 9.17) is 27.9 Å². The minimum atomic E-state index is -0.326. The van der Waals surface area contributed by atoms with Crippen LogP contribution in [0, 0.1) is 0 Å². The van der Waals surface area contributed by atoms with Gasteiger partial charge in [-0.2, -0.15) is 0 Å². The number of methoxy groups -OCH3 is 1. The maximum absolute atomic E-state index is 11.6. The van der Waals surface area contributed by atoms with E-state index in [1.165, 1.54) is 7.11 Å². The Labute approximate surface area is 104 Å². The van der Waals surface area contributed by atoms with Crippen molar-refractivity contribution in [1.82, 2.24) is 0 Å². The molecule has 16 heavy (non-hydrogen) atoms. The van der Waals surface area contributed by atoms with Crippen LogP contribution in [0.25, 0.3) is 0 Å². The molecule has 0 aromatic heterocycles. The average Bonchev–Trinajstić information content (AvgIpc) is 2.32. The molecule has 1 aliphatic rings. The van der Waals surface area contributed by atoms with E-state index < -0.39 is 0 Å². The second kappa shape index (κ2) is 4.52. The van der Waals surface area contributed by atoms with E-state index in [-0.39, 0.29) is 11.9 Å². The standard InChI is InChI=1S/C11H11Cl2NO2/c1-16-11(15)6-4-5-14-10-8(13)3-2-7(12)9(6)10/h2-3,6,14H,4-5H2,1H3. The Hall–Kier alpha value is -0.930. The summed E-state index contributed by atoms with van der Waals surface area (Å²) in [5.74, 6) is -0.598. The first-order chi connectivity index (χ1) is 7.65. The van der Waals surface area contributed by atoms with E-state index >= 15 is 0 Å². The SMILES string of the molecule is COC(=O)C1CCNc2c(Cl)ccc(Cl)c21. The fourth-order valence-electron chi connectivity index (χ4n) is 1.95. The highest BCUT2D eigenvalue weighted by atomic mass is 35.5. The second-order valence-electron chi connectivity index (χ2n) is 3.61. The van der Waals surface area contributed by atoms with Gasteiger partial charge in [-0.05, 0) is 18.6 Å². The number of rotatable bonds is 1. The Morgan fingerprint density at radius 2 is 2.12 bits per heavy atom. The molecule has 1 atom stereocenters. The Morgan fingerprint density at radius 3 is 2.81 bits per heavy atom. The summed E-state index contributed by atoms with van der Waals surface area (Å²) < 4.78 is 4.77. The highest BCUT2D eigenvalue weighted by Gasteiger charge is 2.30. The maximum atomic E-state index is 11.6. The van der Waals surface area contributed by atoms with Gasteiger partial charge in [-0.25, -0.2) is 0 Å². The van der Waals surface area contributed by atoms with Crippen LogP contribution < -0.4 is 5.32 Å². The lowest BCUT2D eigenvalue weighted by atomic mass is 9.91. The molecular formula is C11H11Cl2NO2. The Balaban J connectivity index is 2.53. The number of carbonyl (C=O) groups excluding carboxylic acids is 1. The van der Waals surface area contributed by atoms with Crippen LogP contribution in [0.5, 0.6) is 0 Å². The molecule has 0 saturated carbocycles. The van der Waals surface area contributed by atoms with E-state index in [0.29, 0.717) is 23.0 Å². The van der Waals surface area contributed by atoms with Crippen molar-refractivity contribution in [3.8, 4) is 0 Å². The molecule has 2 rings (SSSR count). The molecule has 0 amide bonds. The van der Waals surface area contributed by atoms with Crippen LogP contribution in [0.15, 0.2) is 12.1 Å². The fourth-order valence-corrected chi connectivity index (χ4v) is 2.47. The number of nitrogens with one attached hydrogen (secondary N) is 1. The summed E-state index contributed by atoms with van der Waals surface area (Å²) in [4.78, 5) is 11.6. The van der Waals surface area contributed by atoms with Crippen molar-refractivity contribution in [1.29, 1.82) is 0 Å². The Morgan fingerprint density at radius 1 is 1.44 bits per heavy atom. The predicted octanol–water partition coefficient (Wildman–Crippen LogP) is 3.07. The Kier molecular flexibility index (Phi) is 3.26. The van der Waals surface area contributed by atoms with Crippen molar-refractivity contribution in [2.24, 2.45) is 0 Å². The molecule has 0 fully saturated rings. The topological polar surface area (TPSA) is 38.3 Å². The number of anilines is 1. The molecule has 0 aliphatic carbocycles. The maximum Gasteiger partial charge on any atom is 0.313 e. The number of fused-ring (bicyclic) bond motifs is 1. The number of carbonyl (C=O) groups is 1. The monoisotopic (exact) mass is 259 g/mol. The third-order valence-electron chi connectivity index (χ3n) is 2.71. The zero-order valence-corrected chi connectivity index (χ0v) is 10.2. The number of esters is 1. The molecule has 1 heterocycles. The zero-order valence-electron chi connectivity index (χ0n) is 8.72. The molecule has 5 heteroatoms. The summed E-state index contributed by atoms with van der Waals surface area (Å²) in [6, 6.07) is 3.42. The normalized spacial score (nSPS) is 18.6. The van der Waals surface area contributed by atoms with Crippen molar-refractivity contribution in [2.75, 3.05) is 19.0 Å². The van der Waals surface area contributed by atoms with Crippen molar-refractivity contribution in [3.05, 3.63) is 27.7 Å². The third kappa shape index (κ3) is 1.85. The molecule has 0 spiro atoms. The quantitative estimate of drug-likeness (QED) is 0.788. The molecule has 1 N–H and O–H groups in total. The van der Waals surface area contributed by atoms with Crippen LogP contribution in [0.2, 0.25) is 10.0 Å². The van der Waals surface area contributed by atoms with E-state index in [1.54, 1.807) is 12.1 Å². The summed E-state index contributed by atoms with van der Waals surface area (Å²) >= 11 is 12.2. The first-order valence-corrected chi connectivity index (χ1v) is 5.70. The van der Waals surface area contributed by atoms with Gasteiger partial charge >= 0.3 is 5.97 Å². The molecular weight excluding hydrogens is 249 g/mol. The first kappa shape index (κ1) is 11.6. The van der Waals surface area contributed by atoms with E-state index in [9.17, 15) is 4.79 Å². The van der Waals surface area contributed by atoms with Gasteiger partial charge in [-0.15, -0.1) is 0 Å². The summed E-state index contributed by atoms with van der Waals surface area (Å²) in [5.41, 5.74) is 1.49. The second-order valence-corrected chi connectivity index (χ2v) is 4.42. The van der Waals surface area contributed by atoms with Crippen LogP contribution in [0.1, 0.15) is 17.9 Å². The van der Waals surface area contributed by atoms with Crippen LogP contribution in [-0.2, 0) is 9.53 Å². The van der Waals surface area contributed by atoms with Crippen LogP contribution in [-0.4, -0.2) is 19.6 Å². The summed E-state index contributed by atoms with van der Waals surface area (Å²) in [7, 11) is 1.38. The number of hydrogen-bond acceptors (Lipinski definition) is 3. The third-order valence-corrected chi connectivity index (χ3v) is 3.35. The molecule has 1 aromatic carbocycles. The molecule has 86 valence electrons. The first-order valence-electron chi connectivity index (χ1n) is 4.94. The van der Waals surface area contributed by atoms with Crippen molar-refractivity contribution in [2.45, 2.75) is 12.3 Å². The number of ether oxygens (including phenoxy) is 1. The number of benzene rings is 1. The highest BCUT2D eigenvalue weighted by Crippen LogP contribution is 2.41. The Bertz CT molecular complexity index is 434. The lowest BCUT2D eigenvalue weighted by molar-refractivity contribution is -0.142. The van der Waals surface area contributed by atoms with E-state index in [2.05, 4.69) is 5.32 Å². The summed E-state index contributed by atoms with van der Waals surface area (Å²) in [6.07, 6.45) is 0.666. The van der Waals surface area contributed by atoms with Gasteiger partial charge in [0.2, 0.25) is 0 Å². The smallest absolute Gasteiger partial charge is 0.313 e. The number of halogens is 2. The minimum Gasteiger partial charge on any atom is -0.469 e. The lowest BCUT2D eigenvalue weighted by Gasteiger charge is -2.26. The van der Waals surface area contributed by atoms with Gasteiger partial charge in [0.1, 0.15) is 0 Å². The van der Waals surface area contributed by atoms with Gasteiger partial charge in [0, 0.05) is 17.1 Å². The number of hydrogen-bond donors (Lipinski definition) is 1. The van der Waals surface area contributed by atoms with Crippen LogP contribution in [0.3, 0.4) is 0 Å². The summed E-state index contributed by atoms with van der Waals surface area (Å²) in [5, 5.41) is 4.28. The molecule has 1 unspecified atom stereocenters. The van der Waals surface area contributed by atoms with E-state index in [0.717, 1.165) is 11.3 Å². The molecule has 0 bridgehead atoms. The zero-order chi connectivity index (χ0) is 11.7. The van der Waals surface area contributed by atoms with Crippen molar-refractivity contribution >= 4 is 34.9 Å². The van der Waals surface area contributed by atoms with Gasteiger partial charge < -0.3 is 10.1 Å². The highest BCUT2D eigenvalue weighted by molar-refractivity contribution is 6.36. The molecule has 3 nitrogen and oxygen atoms in total. The average molecular weight is 260 g/mol. The van der Waals surface area contributed by atoms with Gasteiger partial charge in [0.05, 0.1) is 23.7 Å². The van der Waals surface area contributed by atoms with Gasteiger partial charge in [0.25, 0.3) is 0 Å². The van der Waals surface area contributed by atoms with Gasteiger partial charge in [0.15, 0.2) is 0 Å². The predicted molar refractivity (Wildman–Crippen MR) is 64.3 cm³/mol.